The van der Waals surface area contributed by atoms with Crippen molar-refractivity contribution >= 4 is 5.82 Å². The van der Waals surface area contributed by atoms with Crippen LogP contribution in [0.2, 0.25) is 0 Å². The van der Waals surface area contributed by atoms with Gasteiger partial charge in [-0.05, 0) is 48.4 Å². The van der Waals surface area contributed by atoms with Crippen LogP contribution in [-0.2, 0) is 11.2 Å². The van der Waals surface area contributed by atoms with E-state index in [1.54, 1.807) is 12.7 Å². The third-order valence-electron chi connectivity index (χ3n) is 7.16. The van der Waals surface area contributed by atoms with E-state index in [9.17, 15) is 0 Å². The van der Waals surface area contributed by atoms with Gasteiger partial charge in [-0.1, -0.05) is 12.1 Å². The van der Waals surface area contributed by atoms with Crippen LogP contribution in [0.4, 0.5) is 5.82 Å². The largest absolute Gasteiger partial charge is 0.379 e. The number of nitrogens with zero attached hydrogens (tertiary/aromatic N) is 5. The van der Waals surface area contributed by atoms with Crippen LogP contribution in [0, 0.1) is 0 Å². The molecule has 3 aliphatic rings. The summed E-state index contributed by atoms with van der Waals surface area (Å²) in [5, 5.41) is 3.79. The average molecular weight is 429 g/mol. The zero-order chi connectivity index (χ0) is 21.3. The van der Waals surface area contributed by atoms with Gasteiger partial charge in [0.05, 0.1) is 18.9 Å². The van der Waals surface area contributed by atoms with E-state index in [4.69, 9.17) is 4.74 Å². The van der Waals surface area contributed by atoms with Crippen molar-refractivity contribution in [1.29, 1.82) is 0 Å². The van der Waals surface area contributed by atoms with Crippen molar-refractivity contribution in [3.63, 3.8) is 0 Å². The van der Waals surface area contributed by atoms with E-state index < -0.39 is 0 Å². The summed E-state index contributed by atoms with van der Waals surface area (Å²) < 4.78 is 5.52. The minimum atomic E-state index is 0.459. The third-order valence-corrected chi connectivity index (χ3v) is 7.16. The molecule has 0 unspecified atom stereocenters. The van der Waals surface area contributed by atoms with E-state index >= 15 is 0 Å². The summed E-state index contributed by atoms with van der Waals surface area (Å²) in [6, 6.07) is 7.75. The summed E-state index contributed by atoms with van der Waals surface area (Å²) in [7, 11) is 0. The van der Waals surface area contributed by atoms with Crippen molar-refractivity contribution in [3.8, 4) is 22.3 Å². The summed E-state index contributed by atoms with van der Waals surface area (Å²) in [5.41, 5.74) is 6.96. The molecule has 0 atom stereocenters. The molecule has 164 valence electrons. The Morgan fingerprint density at radius 3 is 2.53 bits per heavy atom. The van der Waals surface area contributed by atoms with E-state index in [0.29, 0.717) is 12.1 Å². The molecule has 1 saturated carbocycles. The van der Waals surface area contributed by atoms with Crippen molar-refractivity contribution in [3.05, 3.63) is 54.5 Å². The van der Waals surface area contributed by atoms with Gasteiger partial charge in [-0.15, -0.1) is 0 Å². The van der Waals surface area contributed by atoms with Crippen LogP contribution < -0.4 is 5.32 Å². The Morgan fingerprint density at radius 1 is 0.906 bits per heavy atom. The second-order valence-corrected chi connectivity index (χ2v) is 9.02. The zero-order valence-electron chi connectivity index (χ0n) is 18.2. The summed E-state index contributed by atoms with van der Waals surface area (Å²) in [5.74, 6) is 0.977. The highest BCUT2D eigenvalue weighted by Crippen LogP contribution is 2.42. The molecular weight excluding hydrogens is 400 g/mol. The maximum atomic E-state index is 5.52. The average Bonchev–Trinajstić information content (AvgIpc) is 3.24. The fraction of sp³-hybridized carbons (Fsp3) is 0.440. The minimum Gasteiger partial charge on any atom is -0.379 e. The highest BCUT2D eigenvalue weighted by molar-refractivity contribution is 5.86. The second kappa shape index (κ2) is 8.56. The van der Waals surface area contributed by atoms with Crippen LogP contribution in [0.1, 0.15) is 36.9 Å². The molecule has 3 heterocycles. The van der Waals surface area contributed by atoms with Crippen molar-refractivity contribution in [1.82, 2.24) is 24.8 Å². The monoisotopic (exact) mass is 428 g/mol. The van der Waals surface area contributed by atoms with Gasteiger partial charge in [0.2, 0.25) is 0 Å². The molecule has 2 fully saturated rings. The highest BCUT2D eigenvalue weighted by Gasteiger charge is 2.29. The number of morpholine rings is 1. The molecule has 7 nitrogen and oxygen atoms in total. The van der Waals surface area contributed by atoms with Gasteiger partial charge in [-0.25, -0.2) is 19.9 Å². The van der Waals surface area contributed by atoms with Crippen LogP contribution in [0.15, 0.2) is 43.2 Å². The highest BCUT2D eigenvalue weighted by atomic mass is 16.5. The lowest BCUT2D eigenvalue weighted by Crippen LogP contribution is -2.46. The molecular formula is C25H28N6O. The maximum absolute atomic E-state index is 5.52. The Balaban J connectivity index is 1.22. The summed E-state index contributed by atoms with van der Waals surface area (Å²) in [4.78, 5) is 20.3. The molecule has 1 N–H and O–H groups in total. The molecule has 7 heteroatoms. The number of rotatable bonds is 4. The molecule has 0 spiro atoms. The van der Waals surface area contributed by atoms with Gasteiger partial charge in [0.1, 0.15) is 18.5 Å². The SMILES string of the molecule is c1ncc(-c2ccc3c(c2)-c2c(ncnc2NC2CCC(N4CCOCC4)CC2)C3)cn1. The van der Waals surface area contributed by atoms with Gasteiger partial charge in [-0.3, -0.25) is 4.90 Å². The molecule has 0 amide bonds. The first-order valence-electron chi connectivity index (χ1n) is 11.7. The van der Waals surface area contributed by atoms with Crippen LogP contribution in [0.5, 0.6) is 0 Å². The number of aromatic nitrogens is 4. The minimum absolute atomic E-state index is 0.459. The molecule has 0 bridgehead atoms. The van der Waals surface area contributed by atoms with E-state index in [1.807, 2.05) is 12.4 Å². The molecule has 3 aromatic rings. The molecule has 1 aromatic carbocycles. The van der Waals surface area contributed by atoms with Crippen molar-refractivity contribution in [2.75, 3.05) is 31.6 Å². The molecule has 1 aliphatic heterocycles. The Kier molecular flexibility index (Phi) is 5.29. The van der Waals surface area contributed by atoms with Crippen LogP contribution in [-0.4, -0.2) is 63.2 Å². The smallest absolute Gasteiger partial charge is 0.137 e. The van der Waals surface area contributed by atoms with Crippen LogP contribution in [0.3, 0.4) is 0 Å². The van der Waals surface area contributed by atoms with Crippen molar-refractivity contribution < 1.29 is 4.74 Å². The topological polar surface area (TPSA) is 76.1 Å². The van der Waals surface area contributed by atoms with E-state index in [-0.39, 0.29) is 0 Å². The molecule has 6 rings (SSSR count). The lowest BCUT2D eigenvalue weighted by Gasteiger charge is -2.39. The standard InChI is InChI=1S/C25H28N6O/c1-2-18-12-23-24(22(18)11-17(1)19-13-26-15-27-14-19)25(29-16-28-23)30-20-3-5-21(6-4-20)31-7-9-32-10-8-31/h1-2,11,13-16,20-21H,3-10,12H2,(H,28,29,30). The molecule has 32 heavy (non-hydrogen) atoms. The number of ether oxygens (including phenoxy) is 1. The number of nitrogens with one attached hydrogen (secondary N) is 1. The molecule has 0 radical (unpaired) electrons. The van der Waals surface area contributed by atoms with Gasteiger partial charge in [0, 0.05) is 55.1 Å². The third kappa shape index (κ3) is 3.76. The summed E-state index contributed by atoms with van der Waals surface area (Å²) in [6.45, 7) is 3.91. The van der Waals surface area contributed by atoms with Gasteiger partial charge >= 0.3 is 0 Å². The van der Waals surface area contributed by atoms with Gasteiger partial charge in [0.25, 0.3) is 0 Å². The van der Waals surface area contributed by atoms with E-state index in [1.165, 1.54) is 36.8 Å². The summed E-state index contributed by atoms with van der Waals surface area (Å²) >= 11 is 0. The lowest BCUT2D eigenvalue weighted by atomic mass is 9.89. The van der Waals surface area contributed by atoms with Gasteiger partial charge in [0.15, 0.2) is 0 Å². The second-order valence-electron chi connectivity index (χ2n) is 9.02. The number of anilines is 1. The van der Waals surface area contributed by atoms with Crippen molar-refractivity contribution in [2.45, 2.75) is 44.2 Å². The Morgan fingerprint density at radius 2 is 1.72 bits per heavy atom. The van der Waals surface area contributed by atoms with Crippen molar-refractivity contribution in [2.24, 2.45) is 0 Å². The summed E-state index contributed by atoms with van der Waals surface area (Å²) in [6.07, 6.45) is 12.7. The quantitative estimate of drug-likeness (QED) is 0.533. The maximum Gasteiger partial charge on any atom is 0.137 e. The molecule has 1 saturated heterocycles. The number of hydrogen-bond donors (Lipinski definition) is 1. The molecule has 2 aliphatic carbocycles. The zero-order valence-corrected chi connectivity index (χ0v) is 18.2. The van der Waals surface area contributed by atoms with E-state index in [0.717, 1.165) is 60.9 Å². The normalized spacial score (nSPS) is 22.9. The molecule has 2 aromatic heterocycles. The predicted molar refractivity (Wildman–Crippen MR) is 123 cm³/mol. The van der Waals surface area contributed by atoms with Gasteiger partial charge < -0.3 is 10.1 Å². The Bertz CT molecular complexity index is 1090. The first-order valence-corrected chi connectivity index (χ1v) is 11.7. The number of hydrogen-bond acceptors (Lipinski definition) is 7. The number of benzene rings is 1. The first kappa shape index (κ1) is 19.8. The first-order chi connectivity index (χ1) is 15.8. The van der Waals surface area contributed by atoms with Crippen LogP contribution in [0.25, 0.3) is 22.3 Å². The number of fused-ring (bicyclic) bond motifs is 3. The Hall–Kier alpha value is -2.90. The fourth-order valence-electron chi connectivity index (χ4n) is 5.44. The van der Waals surface area contributed by atoms with E-state index in [2.05, 4.69) is 48.4 Å². The Labute approximate surface area is 188 Å². The predicted octanol–water partition coefficient (Wildman–Crippen LogP) is 3.56. The van der Waals surface area contributed by atoms with Crippen LogP contribution >= 0.6 is 0 Å². The fourth-order valence-corrected chi connectivity index (χ4v) is 5.44. The lowest BCUT2D eigenvalue weighted by molar-refractivity contribution is 0.00791. The van der Waals surface area contributed by atoms with Gasteiger partial charge in [-0.2, -0.15) is 0 Å².